The number of hydrogen-bond acceptors (Lipinski definition) is 2. The Labute approximate surface area is 114 Å². The van der Waals surface area contributed by atoms with Gasteiger partial charge in [0.25, 0.3) is 5.91 Å². The minimum Gasteiger partial charge on any atom is -0.382 e. The second kappa shape index (κ2) is 7.77. The molecule has 0 fully saturated rings. The molecule has 0 aromatic heterocycles. The second-order valence-corrected chi connectivity index (χ2v) is 4.43. The number of nitrogens with one attached hydrogen (secondary N) is 1. The van der Waals surface area contributed by atoms with Gasteiger partial charge in [-0.15, -0.1) is 0 Å². The predicted octanol–water partition coefficient (Wildman–Crippen LogP) is 3.52. The van der Waals surface area contributed by atoms with Gasteiger partial charge in [-0.3, -0.25) is 4.79 Å². The smallest absolute Gasteiger partial charge is 0.256 e. The molecule has 19 heavy (non-hydrogen) atoms. The molecule has 0 atom stereocenters. The molecule has 0 bridgehead atoms. The SMILES string of the molecule is CCCCN(CC)C(=O)c1cccc(F)c1NCC. The third-order valence-electron chi connectivity index (χ3n) is 3.05. The number of carbonyl (C=O) groups is 1. The first-order valence-corrected chi connectivity index (χ1v) is 6.97. The molecule has 0 aliphatic rings. The maximum atomic E-state index is 13.8. The Morgan fingerprint density at radius 2 is 2.05 bits per heavy atom. The van der Waals surface area contributed by atoms with Crippen molar-refractivity contribution in [3.05, 3.63) is 29.6 Å². The molecule has 1 amide bonds. The van der Waals surface area contributed by atoms with Gasteiger partial charge in [0.2, 0.25) is 0 Å². The highest BCUT2D eigenvalue weighted by molar-refractivity contribution is 5.99. The molecule has 3 nitrogen and oxygen atoms in total. The molecule has 1 aromatic carbocycles. The van der Waals surface area contributed by atoms with Crippen molar-refractivity contribution in [3.63, 3.8) is 0 Å². The van der Waals surface area contributed by atoms with Gasteiger partial charge >= 0.3 is 0 Å². The van der Waals surface area contributed by atoms with Gasteiger partial charge in [0.05, 0.1) is 11.3 Å². The quantitative estimate of drug-likeness (QED) is 0.819. The first-order chi connectivity index (χ1) is 9.15. The first kappa shape index (κ1) is 15.5. The summed E-state index contributed by atoms with van der Waals surface area (Å²) in [4.78, 5) is 14.2. The van der Waals surface area contributed by atoms with E-state index in [0.717, 1.165) is 12.8 Å². The van der Waals surface area contributed by atoms with Crippen LogP contribution in [0.1, 0.15) is 44.0 Å². The molecule has 0 spiro atoms. The molecule has 1 N–H and O–H groups in total. The Bertz CT molecular complexity index is 421. The predicted molar refractivity (Wildman–Crippen MR) is 77.0 cm³/mol. The van der Waals surface area contributed by atoms with Gasteiger partial charge in [0.1, 0.15) is 5.82 Å². The number of amides is 1. The van der Waals surface area contributed by atoms with Crippen LogP contribution < -0.4 is 5.32 Å². The Hall–Kier alpha value is -1.58. The highest BCUT2D eigenvalue weighted by Crippen LogP contribution is 2.21. The highest BCUT2D eigenvalue weighted by atomic mass is 19.1. The maximum Gasteiger partial charge on any atom is 0.256 e. The summed E-state index contributed by atoms with van der Waals surface area (Å²) in [5, 5.41) is 2.94. The van der Waals surface area contributed by atoms with Crippen LogP contribution in [0.3, 0.4) is 0 Å². The van der Waals surface area contributed by atoms with Crippen molar-refractivity contribution in [2.45, 2.75) is 33.6 Å². The number of nitrogens with zero attached hydrogens (tertiary/aromatic N) is 1. The number of unbranched alkanes of at least 4 members (excludes halogenated alkanes) is 1. The molecular weight excluding hydrogens is 243 g/mol. The van der Waals surface area contributed by atoms with Crippen LogP contribution in [0.5, 0.6) is 0 Å². The molecule has 0 unspecified atom stereocenters. The maximum absolute atomic E-state index is 13.8. The second-order valence-electron chi connectivity index (χ2n) is 4.43. The number of benzene rings is 1. The summed E-state index contributed by atoms with van der Waals surface area (Å²) in [5.41, 5.74) is 0.727. The fourth-order valence-corrected chi connectivity index (χ4v) is 1.98. The van der Waals surface area contributed by atoms with E-state index in [9.17, 15) is 9.18 Å². The van der Waals surface area contributed by atoms with E-state index in [1.165, 1.54) is 6.07 Å². The van der Waals surface area contributed by atoms with Crippen molar-refractivity contribution in [2.24, 2.45) is 0 Å². The third-order valence-corrected chi connectivity index (χ3v) is 3.05. The molecule has 1 rings (SSSR count). The van der Waals surface area contributed by atoms with Gasteiger partial charge in [-0.2, -0.15) is 0 Å². The van der Waals surface area contributed by atoms with Crippen LogP contribution in [0.15, 0.2) is 18.2 Å². The summed E-state index contributed by atoms with van der Waals surface area (Å²) < 4.78 is 13.8. The van der Waals surface area contributed by atoms with Gasteiger partial charge in [-0.05, 0) is 32.4 Å². The van der Waals surface area contributed by atoms with E-state index >= 15 is 0 Å². The molecule has 0 aliphatic heterocycles. The van der Waals surface area contributed by atoms with E-state index in [1.807, 2.05) is 13.8 Å². The normalized spacial score (nSPS) is 10.3. The lowest BCUT2D eigenvalue weighted by Gasteiger charge is -2.22. The average Bonchev–Trinajstić information content (AvgIpc) is 2.42. The fraction of sp³-hybridized carbons (Fsp3) is 0.533. The summed E-state index contributed by atoms with van der Waals surface area (Å²) in [7, 11) is 0. The van der Waals surface area contributed by atoms with Crippen molar-refractivity contribution in [1.82, 2.24) is 4.90 Å². The summed E-state index contributed by atoms with van der Waals surface area (Å²) in [6.07, 6.45) is 2.00. The molecule has 0 saturated heterocycles. The number of rotatable bonds is 7. The Morgan fingerprint density at radius 3 is 2.63 bits per heavy atom. The zero-order chi connectivity index (χ0) is 14.3. The fourth-order valence-electron chi connectivity index (χ4n) is 1.98. The van der Waals surface area contributed by atoms with E-state index < -0.39 is 0 Å². The third kappa shape index (κ3) is 3.94. The van der Waals surface area contributed by atoms with Crippen LogP contribution >= 0.6 is 0 Å². The van der Waals surface area contributed by atoms with E-state index in [2.05, 4.69) is 12.2 Å². The molecule has 0 aliphatic carbocycles. The van der Waals surface area contributed by atoms with Crippen molar-refractivity contribution in [1.29, 1.82) is 0 Å². The van der Waals surface area contributed by atoms with Crippen LogP contribution in [0, 0.1) is 5.82 Å². The number of anilines is 1. The molecule has 0 radical (unpaired) electrons. The van der Waals surface area contributed by atoms with Gasteiger partial charge in [0, 0.05) is 19.6 Å². The number of halogens is 1. The Kier molecular flexibility index (Phi) is 6.33. The lowest BCUT2D eigenvalue weighted by Crippen LogP contribution is -2.32. The van der Waals surface area contributed by atoms with Crippen molar-refractivity contribution in [3.8, 4) is 0 Å². The molecular formula is C15H23FN2O. The van der Waals surface area contributed by atoms with Crippen LogP contribution in [-0.4, -0.2) is 30.4 Å². The largest absolute Gasteiger partial charge is 0.382 e. The molecule has 1 aromatic rings. The molecule has 106 valence electrons. The van der Waals surface area contributed by atoms with Crippen LogP contribution in [0.25, 0.3) is 0 Å². The molecule has 4 heteroatoms. The van der Waals surface area contributed by atoms with E-state index in [-0.39, 0.29) is 11.7 Å². The lowest BCUT2D eigenvalue weighted by atomic mass is 10.1. The van der Waals surface area contributed by atoms with Gasteiger partial charge in [-0.25, -0.2) is 4.39 Å². The van der Waals surface area contributed by atoms with Crippen LogP contribution in [0.2, 0.25) is 0 Å². The van der Waals surface area contributed by atoms with Crippen LogP contribution in [-0.2, 0) is 0 Å². The molecule has 0 saturated carbocycles. The highest BCUT2D eigenvalue weighted by Gasteiger charge is 2.19. The minimum atomic E-state index is -0.376. The van der Waals surface area contributed by atoms with Gasteiger partial charge in [-0.1, -0.05) is 19.4 Å². The number of carbonyl (C=O) groups excluding carboxylic acids is 1. The topological polar surface area (TPSA) is 32.3 Å². The zero-order valence-electron chi connectivity index (χ0n) is 12.0. The van der Waals surface area contributed by atoms with E-state index in [0.29, 0.717) is 30.9 Å². The van der Waals surface area contributed by atoms with Gasteiger partial charge < -0.3 is 10.2 Å². The van der Waals surface area contributed by atoms with Crippen molar-refractivity contribution >= 4 is 11.6 Å². The van der Waals surface area contributed by atoms with Crippen molar-refractivity contribution < 1.29 is 9.18 Å². The number of hydrogen-bond donors (Lipinski definition) is 1. The number of para-hydroxylation sites is 1. The summed E-state index contributed by atoms with van der Waals surface area (Å²) >= 11 is 0. The van der Waals surface area contributed by atoms with Crippen molar-refractivity contribution in [2.75, 3.05) is 25.0 Å². The lowest BCUT2D eigenvalue weighted by molar-refractivity contribution is 0.0763. The summed E-state index contributed by atoms with van der Waals surface area (Å²) in [6.45, 7) is 7.86. The Morgan fingerprint density at radius 1 is 1.32 bits per heavy atom. The zero-order valence-corrected chi connectivity index (χ0v) is 12.0. The van der Waals surface area contributed by atoms with Gasteiger partial charge in [0.15, 0.2) is 0 Å². The standard InChI is InChI=1S/C15H23FN2O/c1-4-7-11-18(6-3)15(19)12-9-8-10-13(16)14(12)17-5-2/h8-10,17H,4-7,11H2,1-3H3. The average molecular weight is 266 g/mol. The van der Waals surface area contributed by atoms with Crippen LogP contribution in [0.4, 0.5) is 10.1 Å². The minimum absolute atomic E-state index is 0.105. The molecule has 0 heterocycles. The monoisotopic (exact) mass is 266 g/mol. The Balaban J connectivity index is 3.00. The summed E-state index contributed by atoms with van der Waals surface area (Å²) in [6, 6.07) is 4.63. The first-order valence-electron chi connectivity index (χ1n) is 6.97. The van der Waals surface area contributed by atoms with E-state index in [1.54, 1.807) is 17.0 Å². The summed E-state index contributed by atoms with van der Waals surface area (Å²) in [5.74, 6) is -0.481. The van der Waals surface area contributed by atoms with E-state index in [4.69, 9.17) is 0 Å².